The number of benzene rings is 1. The Labute approximate surface area is 185 Å². The number of hydrogen-bond acceptors (Lipinski definition) is 9. The normalized spacial score (nSPS) is 10.8. The van der Waals surface area contributed by atoms with Crippen LogP contribution in [0.3, 0.4) is 0 Å². The Morgan fingerprint density at radius 3 is 2.09 bits per heavy atom. The van der Waals surface area contributed by atoms with Crippen LogP contribution in [0, 0.1) is 39.9 Å². The number of aryl methyl sites for hydroxylation is 2. The summed E-state index contributed by atoms with van der Waals surface area (Å²) in [4.78, 5) is 41.2. The molecule has 33 heavy (non-hydrogen) atoms. The Kier molecular flexibility index (Phi) is 6.95. The lowest BCUT2D eigenvalue weighted by Gasteiger charge is -2.11. The fourth-order valence-electron chi connectivity index (χ4n) is 3.10. The Hall–Kier alpha value is -4.36. The van der Waals surface area contributed by atoms with Crippen molar-refractivity contribution >= 4 is 17.6 Å². The zero-order chi connectivity index (χ0) is 24.1. The highest BCUT2D eigenvalue weighted by Gasteiger charge is 2.21. The minimum absolute atomic E-state index is 0.0200. The first-order valence-corrected chi connectivity index (χ1v) is 9.61. The molecule has 0 aliphatic rings. The van der Waals surface area contributed by atoms with E-state index in [4.69, 9.17) is 9.47 Å². The van der Waals surface area contributed by atoms with Gasteiger partial charge < -0.3 is 29.7 Å². The van der Waals surface area contributed by atoms with Gasteiger partial charge in [0.1, 0.15) is 55.8 Å². The molecule has 0 N–H and O–H groups in total. The minimum atomic E-state index is -0.894. The van der Waals surface area contributed by atoms with Gasteiger partial charge in [-0.2, -0.15) is 0 Å². The van der Waals surface area contributed by atoms with Crippen molar-refractivity contribution in [3.63, 3.8) is 0 Å². The van der Waals surface area contributed by atoms with Crippen molar-refractivity contribution in [1.82, 2.24) is 19.1 Å². The number of esters is 1. The van der Waals surface area contributed by atoms with E-state index >= 15 is 0 Å². The van der Waals surface area contributed by atoms with Crippen LogP contribution >= 0.6 is 0 Å². The van der Waals surface area contributed by atoms with Crippen molar-refractivity contribution in [2.24, 2.45) is 0 Å². The Bertz CT molecular complexity index is 1210. The summed E-state index contributed by atoms with van der Waals surface area (Å²) in [5.41, 5.74) is -0.191. The van der Waals surface area contributed by atoms with Gasteiger partial charge in [-0.25, -0.2) is 28.3 Å². The summed E-state index contributed by atoms with van der Waals surface area (Å²) in [5, 5.41) is 22.1. The van der Waals surface area contributed by atoms with Gasteiger partial charge in [-0.15, -0.1) is 0 Å². The fourth-order valence-corrected chi connectivity index (χ4v) is 3.10. The van der Waals surface area contributed by atoms with Gasteiger partial charge in [0.25, 0.3) is 0 Å². The molecule has 2 aromatic heterocycles. The van der Waals surface area contributed by atoms with Gasteiger partial charge >= 0.3 is 17.6 Å². The summed E-state index contributed by atoms with van der Waals surface area (Å²) in [7, 11) is 0. The molecule has 0 amide bonds. The number of rotatable bonds is 10. The zero-order valence-electron chi connectivity index (χ0n) is 17.6. The predicted octanol–water partition coefficient (Wildman–Crippen LogP) is 2.59. The predicted molar refractivity (Wildman–Crippen MR) is 109 cm³/mol. The van der Waals surface area contributed by atoms with Gasteiger partial charge in [0, 0.05) is 13.8 Å². The first kappa shape index (κ1) is 23.3. The summed E-state index contributed by atoms with van der Waals surface area (Å²) < 4.78 is 27.1. The topological polar surface area (TPSA) is 157 Å². The average Bonchev–Trinajstić information content (AvgIpc) is 3.31. The summed E-state index contributed by atoms with van der Waals surface area (Å²) in [6.45, 7) is 2.91. The van der Waals surface area contributed by atoms with E-state index in [0.29, 0.717) is 11.6 Å². The summed E-state index contributed by atoms with van der Waals surface area (Å²) in [5.74, 6) is -1.25. The summed E-state index contributed by atoms with van der Waals surface area (Å²) in [6, 6.07) is 3.27. The van der Waals surface area contributed by atoms with E-state index < -0.39 is 21.6 Å². The van der Waals surface area contributed by atoms with Gasteiger partial charge in [-0.3, -0.25) is 0 Å². The third kappa shape index (κ3) is 5.28. The maximum absolute atomic E-state index is 13.7. The maximum atomic E-state index is 13.7. The molecule has 0 fully saturated rings. The molecule has 0 saturated carbocycles. The first-order valence-electron chi connectivity index (χ1n) is 9.61. The molecule has 0 spiro atoms. The Morgan fingerprint density at radius 2 is 1.55 bits per heavy atom. The van der Waals surface area contributed by atoms with Crippen LogP contribution in [0.5, 0.6) is 5.75 Å². The van der Waals surface area contributed by atoms with E-state index in [-0.39, 0.29) is 49.3 Å². The highest BCUT2D eigenvalue weighted by Crippen LogP contribution is 2.22. The second-order valence-corrected chi connectivity index (χ2v) is 6.77. The number of hydrogen-bond donors (Lipinski definition) is 0. The highest BCUT2D eigenvalue weighted by atomic mass is 19.1. The SMILES string of the molecule is Cc1ncc([N+](=O)[O-])n1CCOC(=O)c1cc(F)ccc1OCCn1c([N+](=O)[O-])cnc1C. The number of ether oxygens (including phenoxy) is 2. The van der Waals surface area contributed by atoms with Crippen LogP contribution in [0.4, 0.5) is 16.0 Å². The van der Waals surface area contributed by atoms with Crippen LogP contribution < -0.4 is 4.74 Å². The average molecular weight is 462 g/mol. The Balaban J connectivity index is 1.65. The van der Waals surface area contributed by atoms with Crippen LogP contribution in [0.2, 0.25) is 0 Å². The van der Waals surface area contributed by atoms with E-state index in [1.54, 1.807) is 13.8 Å². The van der Waals surface area contributed by atoms with Crippen LogP contribution in [0.25, 0.3) is 0 Å². The Morgan fingerprint density at radius 1 is 1.00 bits per heavy atom. The van der Waals surface area contributed by atoms with Gasteiger partial charge in [0.05, 0.1) is 0 Å². The molecule has 1 aromatic carbocycles. The number of halogens is 1. The third-order valence-corrected chi connectivity index (χ3v) is 4.72. The maximum Gasteiger partial charge on any atom is 0.342 e. The largest absolute Gasteiger partial charge is 0.489 e. The molecule has 174 valence electrons. The van der Waals surface area contributed by atoms with Crippen molar-refractivity contribution in [2.45, 2.75) is 26.9 Å². The van der Waals surface area contributed by atoms with Crippen molar-refractivity contribution in [3.05, 3.63) is 73.9 Å². The molecular weight excluding hydrogens is 443 g/mol. The van der Waals surface area contributed by atoms with Gasteiger partial charge in [-0.1, -0.05) is 0 Å². The summed E-state index contributed by atoms with van der Waals surface area (Å²) in [6.07, 6.45) is 2.23. The highest BCUT2D eigenvalue weighted by molar-refractivity contribution is 5.92. The lowest BCUT2D eigenvalue weighted by molar-refractivity contribution is -0.392. The van der Waals surface area contributed by atoms with E-state index in [2.05, 4.69) is 9.97 Å². The summed E-state index contributed by atoms with van der Waals surface area (Å²) >= 11 is 0. The monoisotopic (exact) mass is 462 g/mol. The molecule has 0 bridgehead atoms. The third-order valence-electron chi connectivity index (χ3n) is 4.72. The van der Waals surface area contributed by atoms with Crippen LogP contribution in [0.15, 0.2) is 30.6 Å². The van der Waals surface area contributed by atoms with E-state index in [0.717, 1.165) is 24.5 Å². The number of carbonyl (C=O) groups is 1. The van der Waals surface area contributed by atoms with Crippen molar-refractivity contribution in [1.29, 1.82) is 0 Å². The second kappa shape index (κ2) is 9.84. The molecule has 0 unspecified atom stereocenters. The van der Waals surface area contributed by atoms with Gasteiger partial charge in [-0.05, 0) is 28.0 Å². The number of nitrogens with zero attached hydrogens (tertiary/aromatic N) is 6. The number of nitro groups is 2. The van der Waals surface area contributed by atoms with Crippen molar-refractivity contribution in [2.75, 3.05) is 13.2 Å². The zero-order valence-corrected chi connectivity index (χ0v) is 17.6. The molecule has 0 radical (unpaired) electrons. The van der Waals surface area contributed by atoms with Crippen LogP contribution in [-0.4, -0.2) is 48.1 Å². The lowest BCUT2D eigenvalue weighted by Crippen LogP contribution is -2.16. The van der Waals surface area contributed by atoms with Crippen LogP contribution in [0.1, 0.15) is 22.0 Å². The minimum Gasteiger partial charge on any atom is -0.489 e. The lowest BCUT2D eigenvalue weighted by atomic mass is 10.2. The molecular formula is C19H19FN6O7. The molecule has 0 aliphatic carbocycles. The number of aromatic nitrogens is 4. The van der Waals surface area contributed by atoms with Crippen LogP contribution in [-0.2, 0) is 17.8 Å². The molecule has 0 atom stereocenters. The molecule has 3 aromatic rings. The van der Waals surface area contributed by atoms with E-state index in [9.17, 15) is 29.4 Å². The molecule has 13 nitrogen and oxygen atoms in total. The molecule has 14 heteroatoms. The fraction of sp³-hybridized carbons (Fsp3) is 0.316. The second-order valence-electron chi connectivity index (χ2n) is 6.77. The number of imidazole rings is 2. The molecule has 2 heterocycles. The molecule has 3 rings (SSSR count). The van der Waals surface area contributed by atoms with Crippen molar-refractivity contribution < 1.29 is 28.5 Å². The van der Waals surface area contributed by atoms with Crippen molar-refractivity contribution in [3.8, 4) is 5.75 Å². The smallest absolute Gasteiger partial charge is 0.342 e. The van der Waals surface area contributed by atoms with E-state index in [1.165, 1.54) is 15.2 Å². The van der Waals surface area contributed by atoms with E-state index in [1.807, 2.05) is 0 Å². The first-order chi connectivity index (χ1) is 15.7. The van der Waals surface area contributed by atoms with Gasteiger partial charge in [0.2, 0.25) is 0 Å². The van der Waals surface area contributed by atoms with Gasteiger partial charge in [0.15, 0.2) is 11.6 Å². The quantitative estimate of drug-likeness (QED) is 0.251. The number of carbonyl (C=O) groups excluding carboxylic acids is 1. The molecule has 0 aliphatic heterocycles. The molecule has 0 saturated heterocycles. The standard InChI is InChI=1S/C19H19FN6O7/c1-12-21-10-17(25(28)29)23(12)5-7-32-16-4-3-14(20)9-15(16)19(27)33-8-6-24-13(2)22-11-18(24)26(30)31/h3-4,9-11H,5-8H2,1-2H3.